The SMILES string of the molecule is COc1ccc(C2=Nc3ccccc3OC2O)cc1. The molecule has 0 saturated carbocycles. The lowest BCUT2D eigenvalue weighted by atomic mass is 10.1. The summed E-state index contributed by atoms with van der Waals surface area (Å²) in [6, 6.07) is 14.7. The van der Waals surface area contributed by atoms with Crippen molar-refractivity contribution in [3.8, 4) is 11.5 Å². The molecule has 2 aromatic rings. The average molecular weight is 255 g/mol. The topological polar surface area (TPSA) is 51.0 Å². The number of aliphatic hydroxyl groups excluding tert-OH is 1. The van der Waals surface area contributed by atoms with Gasteiger partial charge in [0.05, 0.1) is 7.11 Å². The lowest BCUT2D eigenvalue weighted by molar-refractivity contribution is 0.0402. The number of methoxy groups -OCH3 is 1. The molecule has 1 atom stereocenters. The number of nitrogens with zero attached hydrogens (tertiary/aromatic N) is 1. The van der Waals surface area contributed by atoms with E-state index in [9.17, 15) is 5.11 Å². The highest BCUT2D eigenvalue weighted by Crippen LogP contribution is 2.32. The number of hydrogen-bond acceptors (Lipinski definition) is 4. The van der Waals surface area contributed by atoms with Gasteiger partial charge in [0.25, 0.3) is 0 Å². The first-order valence-electron chi connectivity index (χ1n) is 5.95. The zero-order valence-corrected chi connectivity index (χ0v) is 10.4. The summed E-state index contributed by atoms with van der Waals surface area (Å²) in [6.45, 7) is 0. The van der Waals surface area contributed by atoms with Crippen LogP contribution in [0.15, 0.2) is 53.5 Å². The van der Waals surface area contributed by atoms with Gasteiger partial charge in [0, 0.05) is 5.56 Å². The fourth-order valence-corrected chi connectivity index (χ4v) is 1.98. The monoisotopic (exact) mass is 255 g/mol. The summed E-state index contributed by atoms with van der Waals surface area (Å²) in [7, 11) is 1.61. The maximum atomic E-state index is 10.0. The van der Waals surface area contributed by atoms with Gasteiger partial charge in [-0.25, -0.2) is 4.99 Å². The minimum atomic E-state index is -1.05. The molecule has 4 nitrogen and oxygen atoms in total. The zero-order valence-electron chi connectivity index (χ0n) is 10.4. The van der Waals surface area contributed by atoms with Crippen molar-refractivity contribution in [2.45, 2.75) is 6.29 Å². The quantitative estimate of drug-likeness (QED) is 0.897. The molecule has 0 saturated heterocycles. The van der Waals surface area contributed by atoms with Crippen LogP contribution in [0.25, 0.3) is 0 Å². The zero-order chi connectivity index (χ0) is 13.2. The van der Waals surface area contributed by atoms with Gasteiger partial charge in [-0.3, -0.25) is 0 Å². The van der Waals surface area contributed by atoms with Crippen LogP contribution in [0.2, 0.25) is 0 Å². The second-order valence-electron chi connectivity index (χ2n) is 4.16. The molecule has 1 heterocycles. The predicted octanol–water partition coefficient (Wildman–Crippen LogP) is 2.53. The summed E-state index contributed by atoms with van der Waals surface area (Å²) in [5, 5.41) is 10.0. The van der Waals surface area contributed by atoms with Gasteiger partial charge < -0.3 is 14.6 Å². The van der Waals surface area contributed by atoms with Gasteiger partial charge >= 0.3 is 0 Å². The van der Waals surface area contributed by atoms with E-state index in [4.69, 9.17) is 9.47 Å². The van der Waals surface area contributed by atoms with Crippen LogP contribution in [0.5, 0.6) is 11.5 Å². The van der Waals surface area contributed by atoms with Crippen LogP contribution in [0.3, 0.4) is 0 Å². The van der Waals surface area contributed by atoms with E-state index >= 15 is 0 Å². The summed E-state index contributed by atoms with van der Waals surface area (Å²) < 4.78 is 10.6. The van der Waals surface area contributed by atoms with Gasteiger partial charge in [-0.1, -0.05) is 12.1 Å². The number of benzene rings is 2. The summed E-state index contributed by atoms with van der Waals surface area (Å²) in [5.74, 6) is 1.35. The molecule has 0 radical (unpaired) electrons. The van der Waals surface area contributed by atoms with Crippen LogP contribution in [-0.2, 0) is 0 Å². The highest BCUT2D eigenvalue weighted by Gasteiger charge is 2.23. The molecule has 19 heavy (non-hydrogen) atoms. The van der Waals surface area contributed by atoms with E-state index in [0.29, 0.717) is 11.5 Å². The van der Waals surface area contributed by atoms with Crippen LogP contribution in [0, 0.1) is 0 Å². The molecule has 0 spiro atoms. The number of fused-ring (bicyclic) bond motifs is 1. The predicted molar refractivity (Wildman–Crippen MR) is 72.3 cm³/mol. The maximum Gasteiger partial charge on any atom is 0.242 e. The Morgan fingerprint density at radius 3 is 2.58 bits per heavy atom. The van der Waals surface area contributed by atoms with Crippen LogP contribution in [0.4, 0.5) is 5.69 Å². The van der Waals surface area contributed by atoms with Crippen molar-refractivity contribution in [3.63, 3.8) is 0 Å². The van der Waals surface area contributed by atoms with E-state index in [1.165, 1.54) is 0 Å². The molecule has 0 fully saturated rings. The number of aliphatic hydroxyl groups is 1. The van der Waals surface area contributed by atoms with E-state index in [1.54, 1.807) is 13.2 Å². The van der Waals surface area contributed by atoms with E-state index in [0.717, 1.165) is 17.0 Å². The lowest BCUT2D eigenvalue weighted by Crippen LogP contribution is -2.29. The first-order valence-corrected chi connectivity index (χ1v) is 5.95. The first kappa shape index (κ1) is 11.7. The van der Waals surface area contributed by atoms with Crippen molar-refractivity contribution in [2.24, 2.45) is 4.99 Å². The first-order chi connectivity index (χ1) is 9.28. The minimum absolute atomic E-state index is 0.501. The molecular formula is C15H13NO3. The van der Waals surface area contributed by atoms with Crippen molar-refractivity contribution in [1.82, 2.24) is 0 Å². The average Bonchev–Trinajstić information content (AvgIpc) is 2.47. The molecular weight excluding hydrogens is 242 g/mol. The van der Waals surface area contributed by atoms with Crippen molar-refractivity contribution < 1.29 is 14.6 Å². The molecule has 1 N–H and O–H groups in total. The molecule has 4 heteroatoms. The summed E-state index contributed by atoms with van der Waals surface area (Å²) in [5.41, 5.74) is 2.03. The van der Waals surface area contributed by atoms with E-state index in [-0.39, 0.29) is 0 Å². The Kier molecular flexibility index (Phi) is 2.93. The summed E-state index contributed by atoms with van der Waals surface area (Å²) in [6.07, 6.45) is -1.05. The Labute approximate surface area is 110 Å². The molecule has 3 rings (SSSR count). The van der Waals surface area contributed by atoms with E-state index < -0.39 is 6.29 Å². The molecule has 0 aliphatic carbocycles. The molecule has 96 valence electrons. The normalized spacial score (nSPS) is 17.2. The molecule has 1 unspecified atom stereocenters. The number of aliphatic imine (C=N–C) groups is 1. The molecule has 0 aromatic heterocycles. The van der Waals surface area contributed by atoms with Crippen molar-refractivity contribution in [1.29, 1.82) is 0 Å². The third-order valence-corrected chi connectivity index (χ3v) is 2.96. The molecule has 1 aliphatic rings. The summed E-state index contributed by atoms with van der Waals surface area (Å²) >= 11 is 0. The molecule has 1 aliphatic heterocycles. The van der Waals surface area contributed by atoms with Crippen molar-refractivity contribution >= 4 is 11.4 Å². The fourth-order valence-electron chi connectivity index (χ4n) is 1.98. The summed E-state index contributed by atoms with van der Waals surface area (Å²) in [4.78, 5) is 4.45. The molecule has 0 amide bonds. The van der Waals surface area contributed by atoms with E-state index in [2.05, 4.69) is 4.99 Å². The standard InChI is InChI=1S/C15H13NO3/c1-18-11-8-6-10(7-9-11)14-15(17)19-13-5-3-2-4-12(13)16-14/h2-9,15,17H,1H3. The number of rotatable bonds is 2. The Hall–Kier alpha value is -2.33. The second kappa shape index (κ2) is 4.74. The Balaban J connectivity index is 2.01. The lowest BCUT2D eigenvalue weighted by Gasteiger charge is -2.22. The van der Waals surface area contributed by atoms with Crippen molar-refractivity contribution in [3.05, 3.63) is 54.1 Å². The Bertz CT molecular complexity index is 620. The smallest absolute Gasteiger partial charge is 0.242 e. The van der Waals surface area contributed by atoms with Gasteiger partial charge in [0.1, 0.15) is 22.9 Å². The minimum Gasteiger partial charge on any atom is -0.497 e. The Morgan fingerprint density at radius 2 is 1.84 bits per heavy atom. The van der Waals surface area contributed by atoms with Gasteiger partial charge in [-0.15, -0.1) is 0 Å². The maximum absolute atomic E-state index is 10.0. The third-order valence-electron chi connectivity index (χ3n) is 2.96. The fraction of sp³-hybridized carbons (Fsp3) is 0.133. The highest BCUT2D eigenvalue weighted by molar-refractivity contribution is 6.05. The van der Waals surface area contributed by atoms with E-state index in [1.807, 2.05) is 42.5 Å². The number of para-hydroxylation sites is 2. The molecule has 0 bridgehead atoms. The van der Waals surface area contributed by atoms with Gasteiger partial charge in [-0.2, -0.15) is 0 Å². The number of hydrogen-bond donors (Lipinski definition) is 1. The second-order valence-corrected chi connectivity index (χ2v) is 4.16. The highest BCUT2D eigenvalue weighted by atomic mass is 16.6. The third kappa shape index (κ3) is 2.18. The molecule has 2 aromatic carbocycles. The van der Waals surface area contributed by atoms with Gasteiger partial charge in [-0.05, 0) is 36.4 Å². The number of ether oxygens (including phenoxy) is 2. The van der Waals surface area contributed by atoms with Crippen molar-refractivity contribution in [2.75, 3.05) is 7.11 Å². The largest absolute Gasteiger partial charge is 0.497 e. The van der Waals surface area contributed by atoms with Crippen LogP contribution in [0.1, 0.15) is 5.56 Å². The van der Waals surface area contributed by atoms with Crippen LogP contribution < -0.4 is 9.47 Å². The van der Waals surface area contributed by atoms with Crippen LogP contribution in [-0.4, -0.2) is 24.2 Å². The Morgan fingerprint density at radius 1 is 1.11 bits per heavy atom. The van der Waals surface area contributed by atoms with Crippen LogP contribution >= 0.6 is 0 Å². The van der Waals surface area contributed by atoms with Gasteiger partial charge in [0.2, 0.25) is 6.29 Å². The van der Waals surface area contributed by atoms with Gasteiger partial charge in [0.15, 0.2) is 0 Å².